The fourth-order valence-electron chi connectivity index (χ4n) is 5.40. The molecule has 1 saturated heterocycles. The van der Waals surface area contributed by atoms with Crippen molar-refractivity contribution in [2.75, 3.05) is 26.2 Å². The lowest BCUT2D eigenvalue weighted by molar-refractivity contribution is -0.138. The summed E-state index contributed by atoms with van der Waals surface area (Å²) in [6.45, 7) is 2.93. The summed E-state index contributed by atoms with van der Waals surface area (Å²) >= 11 is 0. The molecular weight excluding hydrogens is 421 g/mol. The molecule has 32 heavy (non-hydrogen) atoms. The summed E-state index contributed by atoms with van der Waals surface area (Å²) in [5.74, 6) is -0.500. The van der Waals surface area contributed by atoms with Gasteiger partial charge in [-0.15, -0.1) is 0 Å². The molecule has 0 aromatic heterocycles. The number of amides is 2. The van der Waals surface area contributed by atoms with Gasteiger partial charge in [0.2, 0.25) is 5.91 Å². The van der Waals surface area contributed by atoms with Crippen molar-refractivity contribution in [3.05, 3.63) is 46.7 Å². The van der Waals surface area contributed by atoms with Crippen LogP contribution in [0.25, 0.3) is 0 Å². The molecular formula is C23H27F3N4O2. The largest absolute Gasteiger partial charge is 0.416 e. The molecule has 2 aliphatic heterocycles. The summed E-state index contributed by atoms with van der Waals surface area (Å²) in [6.07, 6.45) is -2.77. The summed E-state index contributed by atoms with van der Waals surface area (Å²) < 4.78 is 40.3. The maximum Gasteiger partial charge on any atom is 0.416 e. The van der Waals surface area contributed by atoms with Gasteiger partial charge in [-0.25, -0.2) is 0 Å². The SMILES string of the molecule is CC(=O)N1CCC(N)=C(C(=N)C(=O)N2CC3CC(c4ccccc4C(F)(F)F)C[C@H]3C2)C1. The van der Waals surface area contributed by atoms with Crippen LogP contribution < -0.4 is 5.73 Å². The third kappa shape index (κ3) is 4.12. The lowest BCUT2D eigenvalue weighted by Crippen LogP contribution is -2.43. The minimum Gasteiger partial charge on any atom is -0.402 e. The number of alkyl halides is 3. The molecule has 4 rings (SSSR count). The van der Waals surface area contributed by atoms with E-state index >= 15 is 0 Å². The normalized spacial score (nSPS) is 25.8. The Hall–Kier alpha value is -2.84. The molecule has 1 saturated carbocycles. The van der Waals surface area contributed by atoms with E-state index in [1.807, 2.05) is 0 Å². The van der Waals surface area contributed by atoms with Gasteiger partial charge in [0, 0.05) is 50.8 Å². The van der Waals surface area contributed by atoms with Crippen LogP contribution in [-0.4, -0.2) is 53.5 Å². The summed E-state index contributed by atoms with van der Waals surface area (Å²) in [7, 11) is 0. The number of benzene rings is 1. The Kier molecular flexibility index (Phi) is 5.77. The van der Waals surface area contributed by atoms with Crippen LogP contribution in [0, 0.1) is 17.2 Å². The van der Waals surface area contributed by atoms with Crippen molar-refractivity contribution in [2.24, 2.45) is 17.6 Å². The van der Waals surface area contributed by atoms with Crippen LogP contribution in [0.15, 0.2) is 35.5 Å². The van der Waals surface area contributed by atoms with Gasteiger partial charge in [-0.05, 0) is 42.2 Å². The fraction of sp³-hybridized carbons (Fsp3) is 0.522. The quantitative estimate of drug-likeness (QED) is 0.696. The molecule has 1 aliphatic carbocycles. The van der Waals surface area contributed by atoms with Gasteiger partial charge in [-0.2, -0.15) is 13.2 Å². The Morgan fingerprint density at radius 3 is 2.31 bits per heavy atom. The van der Waals surface area contributed by atoms with Gasteiger partial charge in [0.1, 0.15) is 5.71 Å². The second kappa shape index (κ2) is 8.26. The average molecular weight is 448 g/mol. The van der Waals surface area contributed by atoms with E-state index in [1.165, 1.54) is 13.0 Å². The van der Waals surface area contributed by atoms with Crippen molar-refractivity contribution in [2.45, 2.75) is 38.3 Å². The van der Waals surface area contributed by atoms with E-state index in [1.54, 1.807) is 21.9 Å². The topological polar surface area (TPSA) is 90.5 Å². The first-order chi connectivity index (χ1) is 15.1. The monoisotopic (exact) mass is 448 g/mol. The second-order valence-electron chi connectivity index (χ2n) is 9.05. The number of carbonyl (C=O) groups is 2. The molecule has 2 unspecified atom stereocenters. The standard InChI is InChI=1S/C23H27F3N4O2/c1-13(31)29-7-6-20(27)18(12-29)21(28)22(32)30-10-15-8-14(9-16(15)11-30)17-4-2-3-5-19(17)23(24,25)26/h2-5,14-16,28H,6-12,27H2,1H3/t14?,15-,16?/m0/s1. The fourth-order valence-corrected chi connectivity index (χ4v) is 5.40. The van der Waals surface area contributed by atoms with Crippen LogP contribution in [0.2, 0.25) is 0 Å². The molecule has 3 atom stereocenters. The Bertz CT molecular complexity index is 974. The third-order valence-electron chi connectivity index (χ3n) is 7.09. The van der Waals surface area contributed by atoms with E-state index in [0.29, 0.717) is 55.7 Å². The van der Waals surface area contributed by atoms with Crippen LogP contribution in [-0.2, 0) is 15.8 Å². The van der Waals surface area contributed by atoms with Crippen molar-refractivity contribution in [1.82, 2.24) is 9.80 Å². The van der Waals surface area contributed by atoms with Gasteiger partial charge in [0.25, 0.3) is 5.91 Å². The van der Waals surface area contributed by atoms with Crippen molar-refractivity contribution in [3.63, 3.8) is 0 Å². The molecule has 2 amide bonds. The van der Waals surface area contributed by atoms with Crippen molar-refractivity contribution in [3.8, 4) is 0 Å². The molecule has 2 heterocycles. The first kappa shape index (κ1) is 22.4. The molecule has 6 nitrogen and oxygen atoms in total. The molecule has 9 heteroatoms. The number of hydrogen-bond donors (Lipinski definition) is 2. The van der Waals surface area contributed by atoms with Gasteiger partial charge in [-0.3, -0.25) is 15.0 Å². The predicted molar refractivity (Wildman–Crippen MR) is 113 cm³/mol. The van der Waals surface area contributed by atoms with Crippen molar-refractivity contribution >= 4 is 17.5 Å². The zero-order valence-electron chi connectivity index (χ0n) is 17.9. The summed E-state index contributed by atoms with van der Waals surface area (Å²) in [5.41, 5.74) is 6.47. The van der Waals surface area contributed by atoms with E-state index in [9.17, 15) is 22.8 Å². The first-order valence-corrected chi connectivity index (χ1v) is 10.8. The van der Waals surface area contributed by atoms with Crippen molar-refractivity contribution < 1.29 is 22.8 Å². The number of rotatable bonds is 3. The van der Waals surface area contributed by atoms with Crippen LogP contribution in [0.3, 0.4) is 0 Å². The highest BCUT2D eigenvalue weighted by Gasteiger charge is 2.45. The lowest BCUT2D eigenvalue weighted by Gasteiger charge is -2.30. The smallest absolute Gasteiger partial charge is 0.402 e. The van der Waals surface area contributed by atoms with Crippen LogP contribution >= 0.6 is 0 Å². The van der Waals surface area contributed by atoms with E-state index in [-0.39, 0.29) is 35.9 Å². The van der Waals surface area contributed by atoms with Crippen LogP contribution in [0.1, 0.15) is 43.2 Å². The maximum atomic E-state index is 13.4. The second-order valence-corrected chi connectivity index (χ2v) is 9.05. The van der Waals surface area contributed by atoms with E-state index in [2.05, 4.69) is 0 Å². The van der Waals surface area contributed by atoms with E-state index < -0.39 is 17.6 Å². The molecule has 0 bridgehead atoms. The predicted octanol–water partition coefficient (Wildman–Crippen LogP) is 3.14. The molecule has 1 aromatic carbocycles. The number of hydrogen-bond acceptors (Lipinski definition) is 4. The van der Waals surface area contributed by atoms with Crippen LogP contribution in [0.4, 0.5) is 13.2 Å². The van der Waals surface area contributed by atoms with Crippen LogP contribution in [0.5, 0.6) is 0 Å². The molecule has 0 spiro atoms. The Balaban J connectivity index is 1.43. The number of likely N-dealkylation sites (tertiary alicyclic amines) is 1. The maximum absolute atomic E-state index is 13.4. The van der Waals surface area contributed by atoms with Crippen molar-refractivity contribution in [1.29, 1.82) is 5.41 Å². The minimum absolute atomic E-state index is 0.115. The number of nitrogens with two attached hydrogens (primary N) is 1. The van der Waals surface area contributed by atoms with Gasteiger partial charge in [0.15, 0.2) is 0 Å². The van der Waals surface area contributed by atoms with Gasteiger partial charge < -0.3 is 15.5 Å². The first-order valence-electron chi connectivity index (χ1n) is 10.8. The molecule has 1 aromatic rings. The molecule has 172 valence electrons. The molecule has 3 N–H and O–H groups in total. The Morgan fingerprint density at radius 1 is 1.09 bits per heavy atom. The number of nitrogens with zero attached hydrogens (tertiary/aromatic N) is 2. The van der Waals surface area contributed by atoms with E-state index in [0.717, 1.165) is 6.07 Å². The molecule has 3 aliphatic rings. The number of nitrogens with one attached hydrogen (secondary N) is 1. The number of fused-ring (bicyclic) bond motifs is 1. The summed E-state index contributed by atoms with van der Waals surface area (Å²) in [4.78, 5) is 27.9. The van der Waals surface area contributed by atoms with Gasteiger partial charge in [-0.1, -0.05) is 18.2 Å². The summed E-state index contributed by atoms with van der Waals surface area (Å²) in [6, 6.07) is 5.74. The van der Waals surface area contributed by atoms with E-state index in [4.69, 9.17) is 11.1 Å². The zero-order chi connectivity index (χ0) is 23.2. The molecule has 0 radical (unpaired) electrons. The highest BCUT2D eigenvalue weighted by molar-refractivity contribution is 6.44. The van der Waals surface area contributed by atoms with Gasteiger partial charge >= 0.3 is 6.18 Å². The average Bonchev–Trinajstić information content (AvgIpc) is 3.31. The zero-order valence-corrected chi connectivity index (χ0v) is 17.9. The number of halogens is 3. The lowest BCUT2D eigenvalue weighted by atomic mass is 9.91. The summed E-state index contributed by atoms with van der Waals surface area (Å²) in [5, 5.41) is 8.40. The highest BCUT2D eigenvalue weighted by Crippen LogP contribution is 2.48. The Labute approximate surface area is 184 Å². The third-order valence-corrected chi connectivity index (χ3v) is 7.09. The molecule has 2 fully saturated rings. The Morgan fingerprint density at radius 2 is 1.72 bits per heavy atom. The highest BCUT2D eigenvalue weighted by atomic mass is 19.4. The van der Waals surface area contributed by atoms with Gasteiger partial charge in [0.05, 0.1) is 5.56 Å². The number of carbonyl (C=O) groups excluding carboxylic acids is 2. The minimum atomic E-state index is -4.38.